The molecule has 0 spiro atoms. The molecule has 13 heavy (non-hydrogen) atoms. The number of aromatic nitrogens is 1. The van der Waals surface area contributed by atoms with Crippen molar-refractivity contribution in [1.29, 1.82) is 0 Å². The minimum absolute atomic E-state index is 0.392. The molecule has 0 saturated heterocycles. The van der Waals surface area contributed by atoms with Crippen molar-refractivity contribution in [3.8, 4) is 0 Å². The highest BCUT2D eigenvalue weighted by Gasteiger charge is 2.02. The molecule has 4 nitrogen and oxygen atoms in total. The van der Waals surface area contributed by atoms with E-state index in [4.69, 9.17) is 4.74 Å². The maximum absolute atomic E-state index is 10.9. The Bertz CT molecular complexity index is 285. The Morgan fingerprint density at radius 2 is 2.54 bits per heavy atom. The summed E-state index contributed by atoms with van der Waals surface area (Å²) in [7, 11) is 0. The van der Waals surface area contributed by atoms with E-state index in [9.17, 15) is 4.79 Å². The van der Waals surface area contributed by atoms with Crippen LogP contribution in [0.15, 0.2) is 5.38 Å². The molecule has 1 amide bonds. The van der Waals surface area contributed by atoms with Crippen molar-refractivity contribution in [2.75, 3.05) is 6.61 Å². The maximum Gasteiger partial charge on any atom is 0.407 e. The zero-order valence-electron chi connectivity index (χ0n) is 7.66. The Hall–Kier alpha value is -1.10. The molecule has 0 fully saturated rings. The number of rotatable bonds is 3. The van der Waals surface area contributed by atoms with Gasteiger partial charge < -0.3 is 10.1 Å². The van der Waals surface area contributed by atoms with Gasteiger partial charge in [-0.25, -0.2) is 9.78 Å². The van der Waals surface area contributed by atoms with Crippen LogP contribution in [0, 0.1) is 6.92 Å². The molecule has 0 unspecified atom stereocenters. The minimum Gasteiger partial charge on any atom is -0.450 e. The number of alkyl carbamates (subject to hydrolysis) is 1. The van der Waals surface area contributed by atoms with E-state index in [-0.39, 0.29) is 0 Å². The summed E-state index contributed by atoms with van der Waals surface area (Å²) >= 11 is 1.53. The predicted octanol–water partition coefficient (Wildman–Crippen LogP) is 1.70. The summed E-state index contributed by atoms with van der Waals surface area (Å²) in [4.78, 5) is 15.1. The highest BCUT2D eigenvalue weighted by molar-refractivity contribution is 7.09. The first kappa shape index (κ1) is 9.98. The highest BCUT2D eigenvalue weighted by atomic mass is 32.1. The third-order valence-electron chi connectivity index (χ3n) is 1.33. The van der Waals surface area contributed by atoms with Gasteiger partial charge in [-0.15, -0.1) is 11.3 Å². The Labute approximate surface area is 80.9 Å². The van der Waals surface area contributed by atoms with Crippen molar-refractivity contribution in [2.45, 2.75) is 20.4 Å². The predicted molar refractivity (Wildman–Crippen MR) is 50.7 cm³/mol. The molecule has 0 aliphatic heterocycles. The van der Waals surface area contributed by atoms with E-state index in [1.54, 1.807) is 6.92 Å². The molecule has 0 radical (unpaired) electrons. The molecule has 0 aliphatic rings. The van der Waals surface area contributed by atoms with E-state index in [1.165, 1.54) is 11.3 Å². The topological polar surface area (TPSA) is 51.2 Å². The number of hydrogen-bond donors (Lipinski definition) is 1. The molecule has 1 rings (SSSR count). The second kappa shape index (κ2) is 4.81. The van der Waals surface area contributed by atoms with Gasteiger partial charge in [0.05, 0.1) is 13.2 Å². The van der Waals surface area contributed by atoms with Crippen molar-refractivity contribution < 1.29 is 9.53 Å². The molecule has 0 saturated carbocycles. The molecule has 0 aromatic carbocycles. The van der Waals surface area contributed by atoms with Gasteiger partial charge in [0, 0.05) is 11.1 Å². The van der Waals surface area contributed by atoms with Gasteiger partial charge in [-0.1, -0.05) is 0 Å². The van der Waals surface area contributed by atoms with Crippen LogP contribution in [0.25, 0.3) is 0 Å². The van der Waals surface area contributed by atoms with Gasteiger partial charge in [0.1, 0.15) is 5.01 Å². The summed E-state index contributed by atoms with van der Waals surface area (Å²) in [5.74, 6) is 0. The molecule has 0 atom stereocenters. The van der Waals surface area contributed by atoms with Gasteiger partial charge in [-0.2, -0.15) is 0 Å². The molecule has 1 aromatic rings. The Balaban J connectivity index is 2.30. The standard InChI is InChI=1S/C8H12N2O2S/c1-3-12-8(11)9-4-7-10-6(2)5-13-7/h5H,3-4H2,1-2H3,(H,9,11). The first-order valence-electron chi connectivity index (χ1n) is 4.04. The lowest BCUT2D eigenvalue weighted by Crippen LogP contribution is -2.23. The first-order chi connectivity index (χ1) is 6.22. The van der Waals surface area contributed by atoms with Gasteiger partial charge >= 0.3 is 6.09 Å². The van der Waals surface area contributed by atoms with Crippen molar-refractivity contribution in [3.63, 3.8) is 0 Å². The smallest absolute Gasteiger partial charge is 0.407 e. The second-order valence-corrected chi connectivity index (χ2v) is 3.40. The van der Waals surface area contributed by atoms with Crippen molar-refractivity contribution in [2.24, 2.45) is 0 Å². The number of carbonyl (C=O) groups excluding carboxylic acids is 1. The molecule has 5 heteroatoms. The van der Waals surface area contributed by atoms with Gasteiger partial charge in [0.25, 0.3) is 0 Å². The fraction of sp³-hybridized carbons (Fsp3) is 0.500. The number of nitrogens with zero attached hydrogens (tertiary/aromatic N) is 1. The van der Waals surface area contributed by atoms with Crippen LogP contribution in [0.1, 0.15) is 17.6 Å². The van der Waals surface area contributed by atoms with Crippen LogP contribution < -0.4 is 5.32 Å². The van der Waals surface area contributed by atoms with Crippen molar-refractivity contribution in [3.05, 3.63) is 16.1 Å². The molecule has 1 N–H and O–H groups in total. The lowest BCUT2D eigenvalue weighted by atomic mass is 10.6. The number of hydrogen-bond acceptors (Lipinski definition) is 4. The van der Waals surface area contributed by atoms with E-state index in [1.807, 2.05) is 12.3 Å². The normalized spacial score (nSPS) is 9.69. The van der Waals surface area contributed by atoms with Crippen LogP contribution in [0.3, 0.4) is 0 Å². The number of thiazole rings is 1. The summed E-state index contributed by atoms with van der Waals surface area (Å²) in [6.07, 6.45) is -0.393. The van der Waals surface area contributed by atoms with Gasteiger partial charge in [0.15, 0.2) is 0 Å². The van der Waals surface area contributed by atoms with Gasteiger partial charge in [0.2, 0.25) is 0 Å². The largest absolute Gasteiger partial charge is 0.450 e. The van der Waals surface area contributed by atoms with Crippen LogP contribution in [0.5, 0.6) is 0 Å². The average molecular weight is 200 g/mol. The molecule has 0 bridgehead atoms. The van der Waals surface area contributed by atoms with E-state index in [0.717, 1.165) is 10.7 Å². The van der Waals surface area contributed by atoms with Crippen LogP contribution >= 0.6 is 11.3 Å². The lowest BCUT2D eigenvalue weighted by Gasteiger charge is -2.01. The van der Waals surface area contributed by atoms with E-state index < -0.39 is 6.09 Å². The molecule has 72 valence electrons. The van der Waals surface area contributed by atoms with E-state index in [2.05, 4.69) is 10.3 Å². The Kier molecular flexibility index (Phi) is 3.70. The Morgan fingerprint density at radius 1 is 1.77 bits per heavy atom. The van der Waals surface area contributed by atoms with Crippen molar-refractivity contribution >= 4 is 17.4 Å². The third kappa shape index (κ3) is 3.42. The quantitative estimate of drug-likeness (QED) is 0.808. The second-order valence-electron chi connectivity index (χ2n) is 2.46. The molecular formula is C8H12N2O2S. The summed E-state index contributed by atoms with van der Waals surface area (Å²) in [6.45, 7) is 4.53. The number of amides is 1. The fourth-order valence-corrected chi connectivity index (χ4v) is 1.53. The number of nitrogens with one attached hydrogen (secondary N) is 1. The molecule has 1 aromatic heterocycles. The summed E-state index contributed by atoms with van der Waals surface area (Å²) < 4.78 is 4.70. The molecule has 0 aliphatic carbocycles. The van der Waals surface area contributed by atoms with Gasteiger partial charge in [-0.05, 0) is 13.8 Å². The maximum atomic E-state index is 10.9. The zero-order chi connectivity index (χ0) is 9.68. The summed E-state index contributed by atoms with van der Waals surface area (Å²) in [6, 6.07) is 0. The van der Waals surface area contributed by atoms with Crippen molar-refractivity contribution in [1.82, 2.24) is 10.3 Å². The van der Waals surface area contributed by atoms with Crippen LogP contribution in [-0.2, 0) is 11.3 Å². The lowest BCUT2D eigenvalue weighted by molar-refractivity contribution is 0.151. The summed E-state index contributed by atoms with van der Waals surface area (Å²) in [5.41, 5.74) is 0.977. The third-order valence-corrected chi connectivity index (χ3v) is 2.29. The van der Waals surface area contributed by atoms with E-state index >= 15 is 0 Å². The first-order valence-corrected chi connectivity index (χ1v) is 4.92. The number of ether oxygens (including phenoxy) is 1. The van der Waals surface area contributed by atoms with Crippen LogP contribution in [0.2, 0.25) is 0 Å². The Morgan fingerprint density at radius 3 is 3.08 bits per heavy atom. The summed E-state index contributed by atoms with van der Waals surface area (Å²) in [5, 5.41) is 5.44. The number of carbonyl (C=O) groups is 1. The highest BCUT2D eigenvalue weighted by Crippen LogP contribution is 2.07. The van der Waals surface area contributed by atoms with Crippen LogP contribution in [-0.4, -0.2) is 17.7 Å². The number of aryl methyl sites for hydroxylation is 1. The average Bonchev–Trinajstić information content (AvgIpc) is 2.49. The molecular weight excluding hydrogens is 188 g/mol. The minimum atomic E-state index is -0.393. The molecule has 1 heterocycles. The zero-order valence-corrected chi connectivity index (χ0v) is 8.48. The van der Waals surface area contributed by atoms with E-state index in [0.29, 0.717) is 13.2 Å². The van der Waals surface area contributed by atoms with Crippen LogP contribution in [0.4, 0.5) is 4.79 Å². The fourth-order valence-electron chi connectivity index (χ4n) is 0.814. The monoisotopic (exact) mass is 200 g/mol. The van der Waals surface area contributed by atoms with Gasteiger partial charge in [-0.3, -0.25) is 0 Å². The SMILES string of the molecule is CCOC(=O)NCc1nc(C)cs1.